The van der Waals surface area contributed by atoms with Gasteiger partial charge in [0.25, 0.3) is 0 Å². The number of amides is 1. The first-order valence-electron chi connectivity index (χ1n) is 9.84. The van der Waals surface area contributed by atoms with Gasteiger partial charge in [0.05, 0.1) is 0 Å². The summed E-state index contributed by atoms with van der Waals surface area (Å²) < 4.78 is 1.44. The van der Waals surface area contributed by atoms with E-state index in [1.807, 2.05) is 51.1 Å². The molecule has 0 spiro atoms. The Balaban J connectivity index is 1.84. The van der Waals surface area contributed by atoms with Gasteiger partial charge in [0.1, 0.15) is 22.6 Å². The molecular formula is C21H25N5O2S. The lowest BCUT2D eigenvalue weighted by Crippen LogP contribution is -2.43. The van der Waals surface area contributed by atoms with E-state index < -0.39 is 5.69 Å². The van der Waals surface area contributed by atoms with Crippen molar-refractivity contribution in [1.82, 2.24) is 19.9 Å². The minimum Gasteiger partial charge on any atom is -0.350 e. The number of benzene rings is 1. The van der Waals surface area contributed by atoms with Gasteiger partial charge < -0.3 is 10.2 Å². The van der Waals surface area contributed by atoms with Gasteiger partial charge in [-0.1, -0.05) is 41.7 Å². The fourth-order valence-corrected chi connectivity index (χ4v) is 4.63. The smallest absolute Gasteiger partial charge is 0.349 e. The predicted molar refractivity (Wildman–Crippen MR) is 116 cm³/mol. The first-order chi connectivity index (χ1) is 13.8. The summed E-state index contributed by atoms with van der Waals surface area (Å²) in [7, 11) is 0. The molecule has 1 amide bonds. The maximum absolute atomic E-state index is 12.9. The third-order valence-electron chi connectivity index (χ3n) is 4.75. The summed E-state index contributed by atoms with van der Waals surface area (Å²) in [6.45, 7) is 7.59. The lowest BCUT2D eigenvalue weighted by atomic mass is 10.1. The number of thiazole rings is 1. The van der Waals surface area contributed by atoms with Crippen LogP contribution in [0.1, 0.15) is 33.6 Å². The van der Waals surface area contributed by atoms with Crippen molar-refractivity contribution in [1.29, 1.82) is 0 Å². The highest BCUT2D eigenvalue weighted by Crippen LogP contribution is 2.34. The zero-order chi connectivity index (χ0) is 20.6. The van der Waals surface area contributed by atoms with Crippen LogP contribution in [0.2, 0.25) is 0 Å². The van der Waals surface area contributed by atoms with Crippen molar-refractivity contribution in [2.45, 2.75) is 45.7 Å². The summed E-state index contributed by atoms with van der Waals surface area (Å²) in [6, 6.07) is 9.60. The van der Waals surface area contributed by atoms with Crippen molar-refractivity contribution in [3.63, 3.8) is 0 Å². The molecule has 1 aliphatic rings. The van der Waals surface area contributed by atoms with Crippen LogP contribution in [0.25, 0.3) is 21.6 Å². The van der Waals surface area contributed by atoms with E-state index in [0.29, 0.717) is 16.0 Å². The van der Waals surface area contributed by atoms with Crippen LogP contribution in [0, 0.1) is 0 Å². The molecule has 4 rings (SSSR count). The van der Waals surface area contributed by atoms with Crippen LogP contribution in [0.3, 0.4) is 0 Å². The van der Waals surface area contributed by atoms with E-state index in [1.165, 1.54) is 15.9 Å². The van der Waals surface area contributed by atoms with Gasteiger partial charge in [0, 0.05) is 24.2 Å². The van der Waals surface area contributed by atoms with Crippen molar-refractivity contribution in [2.75, 3.05) is 18.0 Å². The molecule has 0 bridgehead atoms. The van der Waals surface area contributed by atoms with Crippen molar-refractivity contribution in [3.05, 3.63) is 40.8 Å². The minimum absolute atomic E-state index is 0.0731. The average molecular weight is 412 g/mol. The molecule has 1 aromatic carbocycles. The van der Waals surface area contributed by atoms with Gasteiger partial charge in [-0.3, -0.25) is 9.36 Å². The molecule has 1 fully saturated rings. The van der Waals surface area contributed by atoms with Crippen molar-refractivity contribution < 1.29 is 4.79 Å². The second-order valence-electron chi connectivity index (χ2n) is 8.34. The first kappa shape index (κ1) is 19.6. The zero-order valence-corrected chi connectivity index (χ0v) is 17.8. The minimum atomic E-state index is -0.433. The zero-order valence-electron chi connectivity index (χ0n) is 16.9. The summed E-state index contributed by atoms with van der Waals surface area (Å²) in [6.07, 6.45) is 2.28. The molecule has 1 saturated heterocycles. The standard InChI is InChI=1S/C21H25N5O2S/c1-21(2,3)24-15(27)13-26-18-17(23-20(29-18)25-11-7-8-12-25)16(22-19(26)28)14-9-5-4-6-10-14/h4-6,9-10H,7-8,11-13H2,1-3H3,(H,24,27). The summed E-state index contributed by atoms with van der Waals surface area (Å²) in [5.41, 5.74) is 1.29. The van der Waals surface area contributed by atoms with Crippen LogP contribution in [-0.4, -0.2) is 39.1 Å². The lowest BCUT2D eigenvalue weighted by molar-refractivity contribution is -0.123. The Hall–Kier alpha value is -2.74. The molecule has 3 heterocycles. The average Bonchev–Trinajstić information content (AvgIpc) is 3.32. The maximum Gasteiger partial charge on any atom is 0.349 e. The SMILES string of the molecule is CC(C)(C)NC(=O)Cn1c(=O)nc(-c2ccccc2)c2nc(N3CCCC3)sc21. The van der Waals surface area contributed by atoms with E-state index in [9.17, 15) is 9.59 Å². The van der Waals surface area contributed by atoms with Crippen molar-refractivity contribution in [2.24, 2.45) is 0 Å². The molecule has 3 aromatic rings. The van der Waals surface area contributed by atoms with Crippen LogP contribution in [0.4, 0.5) is 5.13 Å². The molecule has 0 saturated carbocycles. The molecule has 0 atom stereocenters. The Labute approximate surface area is 173 Å². The molecule has 0 radical (unpaired) electrons. The Kier molecular flexibility index (Phi) is 5.12. The van der Waals surface area contributed by atoms with Gasteiger partial charge in [-0.15, -0.1) is 0 Å². The molecular weight excluding hydrogens is 386 g/mol. The summed E-state index contributed by atoms with van der Waals surface area (Å²) in [5, 5.41) is 3.80. The molecule has 7 nitrogen and oxygen atoms in total. The number of fused-ring (bicyclic) bond motifs is 1. The predicted octanol–water partition coefficient (Wildman–Crippen LogP) is 3.03. The Morgan fingerprint density at radius 3 is 2.48 bits per heavy atom. The molecule has 8 heteroatoms. The monoisotopic (exact) mass is 411 g/mol. The molecule has 152 valence electrons. The topological polar surface area (TPSA) is 80.1 Å². The number of nitrogens with one attached hydrogen (secondary N) is 1. The number of nitrogens with zero attached hydrogens (tertiary/aromatic N) is 4. The fourth-order valence-electron chi connectivity index (χ4n) is 3.52. The van der Waals surface area contributed by atoms with Gasteiger partial charge in [0.15, 0.2) is 5.13 Å². The van der Waals surface area contributed by atoms with Crippen LogP contribution < -0.4 is 15.9 Å². The van der Waals surface area contributed by atoms with E-state index in [-0.39, 0.29) is 18.0 Å². The number of hydrogen-bond acceptors (Lipinski definition) is 6. The van der Waals surface area contributed by atoms with Crippen molar-refractivity contribution in [3.8, 4) is 11.3 Å². The van der Waals surface area contributed by atoms with Gasteiger partial charge in [0.2, 0.25) is 5.91 Å². The highest BCUT2D eigenvalue weighted by atomic mass is 32.1. The van der Waals surface area contributed by atoms with Gasteiger partial charge >= 0.3 is 5.69 Å². The number of rotatable bonds is 4. The molecule has 1 N–H and O–H groups in total. The number of anilines is 1. The van der Waals surface area contributed by atoms with Gasteiger partial charge in [-0.25, -0.2) is 9.78 Å². The normalized spacial score (nSPS) is 14.5. The highest BCUT2D eigenvalue weighted by Gasteiger charge is 2.23. The number of hydrogen-bond donors (Lipinski definition) is 1. The summed E-state index contributed by atoms with van der Waals surface area (Å²) >= 11 is 1.46. The van der Waals surface area contributed by atoms with E-state index in [1.54, 1.807) is 0 Å². The Morgan fingerprint density at radius 1 is 1.14 bits per heavy atom. The van der Waals surface area contributed by atoms with Crippen LogP contribution >= 0.6 is 11.3 Å². The maximum atomic E-state index is 12.9. The quantitative estimate of drug-likeness (QED) is 0.714. The third kappa shape index (κ3) is 4.17. The van der Waals surface area contributed by atoms with E-state index in [2.05, 4.69) is 15.2 Å². The Morgan fingerprint density at radius 2 is 1.83 bits per heavy atom. The van der Waals surface area contributed by atoms with Gasteiger partial charge in [-0.05, 0) is 33.6 Å². The molecule has 1 aliphatic heterocycles. The fraction of sp³-hybridized carbons (Fsp3) is 0.429. The highest BCUT2D eigenvalue weighted by molar-refractivity contribution is 7.22. The van der Waals surface area contributed by atoms with Crippen molar-refractivity contribution >= 4 is 32.7 Å². The first-order valence-corrected chi connectivity index (χ1v) is 10.7. The number of carbonyl (C=O) groups is 1. The van der Waals surface area contributed by atoms with Crippen LogP contribution in [0.5, 0.6) is 0 Å². The van der Waals surface area contributed by atoms with Crippen LogP contribution in [-0.2, 0) is 11.3 Å². The number of aromatic nitrogens is 3. The Bertz CT molecular complexity index is 1090. The second kappa shape index (κ2) is 7.59. The lowest BCUT2D eigenvalue weighted by Gasteiger charge is -2.20. The molecule has 0 aliphatic carbocycles. The van der Waals surface area contributed by atoms with E-state index >= 15 is 0 Å². The third-order valence-corrected chi connectivity index (χ3v) is 5.88. The molecule has 2 aromatic heterocycles. The number of carbonyl (C=O) groups excluding carboxylic acids is 1. The molecule has 29 heavy (non-hydrogen) atoms. The molecule has 0 unspecified atom stereocenters. The summed E-state index contributed by atoms with van der Waals surface area (Å²) in [5.74, 6) is -0.216. The second-order valence-corrected chi connectivity index (χ2v) is 9.29. The largest absolute Gasteiger partial charge is 0.350 e. The van der Waals surface area contributed by atoms with E-state index in [0.717, 1.165) is 36.6 Å². The summed E-state index contributed by atoms with van der Waals surface area (Å²) in [4.78, 5) is 37.5. The van der Waals surface area contributed by atoms with Gasteiger partial charge in [-0.2, -0.15) is 4.98 Å². The van der Waals surface area contributed by atoms with Crippen LogP contribution in [0.15, 0.2) is 35.1 Å². The van der Waals surface area contributed by atoms with E-state index in [4.69, 9.17) is 4.98 Å².